The monoisotopic (exact) mass is 304 g/mol. The molecule has 0 unspecified atom stereocenters. The highest BCUT2D eigenvalue weighted by Crippen LogP contribution is 2.25. The summed E-state index contributed by atoms with van der Waals surface area (Å²) in [7, 11) is 0. The van der Waals surface area contributed by atoms with Crippen LogP contribution in [0, 0.1) is 6.92 Å². The lowest BCUT2D eigenvalue weighted by Gasteiger charge is -2.32. The summed E-state index contributed by atoms with van der Waals surface area (Å²) in [5, 5.41) is 21.5. The smallest absolute Gasteiger partial charge is 0.129 e. The van der Waals surface area contributed by atoms with Crippen LogP contribution in [0.5, 0.6) is 0 Å². The number of rotatable bonds is 6. The second kappa shape index (κ2) is 7.02. The second-order valence-electron chi connectivity index (χ2n) is 5.94. The first-order valence-corrected chi connectivity index (χ1v) is 7.97. The zero-order valence-corrected chi connectivity index (χ0v) is 13.1. The van der Waals surface area contributed by atoms with Gasteiger partial charge in [-0.3, -0.25) is 4.68 Å². The molecule has 1 aliphatic rings. The molecule has 0 radical (unpaired) electrons. The molecular formula is C15H24N6O. The first-order valence-electron chi connectivity index (χ1n) is 7.97. The van der Waals surface area contributed by atoms with E-state index in [9.17, 15) is 0 Å². The van der Waals surface area contributed by atoms with E-state index in [-0.39, 0.29) is 6.61 Å². The average molecular weight is 304 g/mol. The Labute approximate surface area is 130 Å². The Balaban J connectivity index is 1.55. The third-order valence-corrected chi connectivity index (χ3v) is 4.38. The molecule has 0 saturated carbocycles. The van der Waals surface area contributed by atoms with Crippen LogP contribution >= 0.6 is 0 Å². The number of aliphatic hydroxyl groups is 1. The van der Waals surface area contributed by atoms with Gasteiger partial charge in [0.2, 0.25) is 0 Å². The molecule has 0 aliphatic carbocycles. The standard InChI is InChI=1S/C15H24N6O/c1-13-17-16-12-20(13)8-7-19-5-2-3-14(11-19)15-4-6-21(18-15)9-10-22/h4,6,12,14,22H,2-3,5,7-11H2,1H3/t14-/m0/s1. The number of hydrogen-bond donors (Lipinski definition) is 1. The van der Waals surface area contributed by atoms with E-state index in [1.54, 1.807) is 6.33 Å². The molecule has 1 aliphatic heterocycles. The topological polar surface area (TPSA) is 72.0 Å². The predicted molar refractivity (Wildman–Crippen MR) is 82.5 cm³/mol. The van der Waals surface area contributed by atoms with Crippen LogP contribution in [0.4, 0.5) is 0 Å². The van der Waals surface area contributed by atoms with Crippen LogP contribution in [-0.4, -0.2) is 60.8 Å². The van der Waals surface area contributed by atoms with Gasteiger partial charge in [-0.1, -0.05) is 0 Å². The number of hydrogen-bond acceptors (Lipinski definition) is 5. The third kappa shape index (κ3) is 3.53. The van der Waals surface area contributed by atoms with Crippen molar-refractivity contribution in [2.75, 3.05) is 26.2 Å². The normalized spacial score (nSPS) is 19.6. The van der Waals surface area contributed by atoms with E-state index in [1.165, 1.54) is 12.8 Å². The van der Waals surface area contributed by atoms with Gasteiger partial charge in [0, 0.05) is 31.7 Å². The Bertz CT molecular complexity index is 592. The van der Waals surface area contributed by atoms with Crippen LogP contribution in [0.2, 0.25) is 0 Å². The van der Waals surface area contributed by atoms with Crippen molar-refractivity contribution in [1.29, 1.82) is 0 Å². The molecule has 2 aromatic rings. The fourth-order valence-electron chi connectivity index (χ4n) is 3.10. The predicted octanol–water partition coefficient (Wildman–Crippen LogP) is 0.655. The van der Waals surface area contributed by atoms with Gasteiger partial charge in [-0.2, -0.15) is 5.10 Å². The van der Waals surface area contributed by atoms with E-state index in [2.05, 4.69) is 30.8 Å². The molecule has 7 heteroatoms. The van der Waals surface area contributed by atoms with Gasteiger partial charge >= 0.3 is 0 Å². The zero-order valence-electron chi connectivity index (χ0n) is 13.1. The van der Waals surface area contributed by atoms with Gasteiger partial charge < -0.3 is 14.6 Å². The first-order chi connectivity index (χ1) is 10.8. The molecule has 3 rings (SSSR count). The van der Waals surface area contributed by atoms with Crippen molar-refractivity contribution < 1.29 is 5.11 Å². The van der Waals surface area contributed by atoms with Crippen molar-refractivity contribution in [3.8, 4) is 0 Å². The molecule has 7 nitrogen and oxygen atoms in total. The maximum Gasteiger partial charge on any atom is 0.129 e. The number of piperidine rings is 1. The molecule has 3 heterocycles. The SMILES string of the molecule is Cc1nncn1CCN1CCC[C@H](c2ccn(CCO)n2)C1. The number of aryl methyl sites for hydroxylation is 1. The summed E-state index contributed by atoms with van der Waals surface area (Å²) in [4.78, 5) is 2.50. The van der Waals surface area contributed by atoms with Gasteiger partial charge in [-0.05, 0) is 32.4 Å². The largest absolute Gasteiger partial charge is 0.394 e. The highest BCUT2D eigenvalue weighted by molar-refractivity contribution is 5.08. The van der Waals surface area contributed by atoms with Crippen LogP contribution < -0.4 is 0 Å². The Morgan fingerprint density at radius 3 is 3.00 bits per heavy atom. The summed E-state index contributed by atoms with van der Waals surface area (Å²) in [6, 6.07) is 2.09. The lowest BCUT2D eigenvalue weighted by molar-refractivity contribution is 0.198. The minimum absolute atomic E-state index is 0.135. The molecule has 1 saturated heterocycles. The van der Waals surface area contributed by atoms with E-state index in [0.717, 1.165) is 37.7 Å². The van der Waals surface area contributed by atoms with Crippen molar-refractivity contribution >= 4 is 0 Å². The summed E-state index contributed by atoms with van der Waals surface area (Å²) in [6.45, 7) is 6.85. The second-order valence-corrected chi connectivity index (χ2v) is 5.94. The van der Waals surface area contributed by atoms with Crippen molar-refractivity contribution in [2.24, 2.45) is 0 Å². The summed E-state index contributed by atoms with van der Waals surface area (Å²) in [6.07, 6.45) is 6.16. The molecule has 0 bridgehead atoms. The van der Waals surface area contributed by atoms with Crippen LogP contribution in [-0.2, 0) is 13.1 Å². The van der Waals surface area contributed by atoms with E-state index in [4.69, 9.17) is 5.11 Å². The maximum atomic E-state index is 8.98. The van der Waals surface area contributed by atoms with Gasteiger partial charge in [0.15, 0.2) is 0 Å². The zero-order chi connectivity index (χ0) is 15.4. The highest BCUT2D eigenvalue weighted by Gasteiger charge is 2.23. The Morgan fingerprint density at radius 2 is 2.23 bits per heavy atom. The van der Waals surface area contributed by atoms with Gasteiger partial charge in [0.05, 0.1) is 18.8 Å². The van der Waals surface area contributed by atoms with Gasteiger partial charge in [-0.25, -0.2) is 0 Å². The fraction of sp³-hybridized carbons (Fsp3) is 0.667. The van der Waals surface area contributed by atoms with Crippen LogP contribution in [0.15, 0.2) is 18.6 Å². The molecular weight excluding hydrogens is 280 g/mol. The van der Waals surface area contributed by atoms with Gasteiger partial charge in [-0.15, -0.1) is 10.2 Å². The fourth-order valence-corrected chi connectivity index (χ4v) is 3.10. The van der Waals surface area contributed by atoms with E-state index >= 15 is 0 Å². The molecule has 1 N–H and O–H groups in total. The molecule has 120 valence electrons. The summed E-state index contributed by atoms with van der Waals surface area (Å²) < 4.78 is 3.92. The molecule has 0 aromatic carbocycles. The van der Waals surface area contributed by atoms with E-state index < -0.39 is 0 Å². The summed E-state index contributed by atoms with van der Waals surface area (Å²) >= 11 is 0. The van der Waals surface area contributed by atoms with E-state index in [0.29, 0.717) is 12.5 Å². The van der Waals surface area contributed by atoms with Crippen LogP contribution in [0.25, 0.3) is 0 Å². The molecule has 22 heavy (non-hydrogen) atoms. The number of aromatic nitrogens is 5. The maximum absolute atomic E-state index is 8.98. The minimum Gasteiger partial charge on any atom is -0.394 e. The molecule has 0 spiro atoms. The summed E-state index contributed by atoms with van der Waals surface area (Å²) in [5.41, 5.74) is 1.15. The molecule has 0 amide bonds. The van der Waals surface area contributed by atoms with Gasteiger partial charge in [0.1, 0.15) is 12.2 Å². The van der Waals surface area contributed by atoms with Crippen molar-refractivity contribution in [3.63, 3.8) is 0 Å². The average Bonchev–Trinajstić information content (AvgIpc) is 3.15. The van der Waals surface area contributed by atoms with Crippen molar-refractivity contribution in [1.82, 2.24) is 29.4 Å². The van der Waals surface area contributed by atoms with Crippen molar-refractivity contribution in [3.05, 3.63) is 30.1 Å². The Hall–Kier alpha value is -1.73. The van der Waals surface area contributed by atoms with Gasteiger partial charge in [0.25, 0.3) is 0 Å². The number of nitrogens with zero attached hydrogens (tertiary/aromatic N) is 6. The third-order valence-electron chi connectivity index (χ3n) is 4.38. The first kappa shape index (κ1) is 15.2. The highest BCUT2D eigenvalue weighted by atomic mass is 16.3. The quantitative estimate of drug-likeness (QED) is 0.848. The summed E-state index contributed by atoms with van der Waals surface area (Å²) in [5.74, 6) is 1.46. The molecule has 1 fully saturated rings. The van der Waals surface area contributed by atoms with Crippen LogP contribution in [0.1, 0.15) is 30.3 Å². The van der Waals surface area contributed by atoms with E-state index in [1.807, 2.05) is 17.8 Å². The van der Waals surface area contributed by atoms with Crippen LogP contribution in [0.3, 0.4) is 0 Å². The Morgan fingerprint density at radius 1 is 1.32 bits per heavy atom. The Kier molecular flexibility index (Phi) is 4.84. The number of likely N-dealkylation sites (tertiary alicyclic amines) is 1. The minimum atomic E-state index is 0.135. The number of aliphatic hydroxyl groups excluding tert-OH is 1. The lowest BCUT2D eigenvalue weighted by Crippen LogP contribution is -2.36. The molecule has 1 atom stereocenters. The van der Waals surface area contributed by atoms with Crippen molar-refractivity contribution in [2.45, 2.75) is 38.8 Å². The lowest BCUT2D eigenvalue weighted by atomic mass is 9.95. The molecule has 2 aromatic heterocycles.